The minimum Gasteiger partial charge on any atom is -0.329 e. The first kappa shape index (κ1) is 10.9. The summed E-state index contributed by atoms with van der Waals surface area (Å²) in [6.07, 6.45) is 2.59. The summed E-state index contributed by atoms with van der Waals surface area (Å²) >= 11 is 5.87. The summed E-state index contributed by atoms with van der Waals surface area (Å²) in [6.45, 7) is 3.02. The van der Waals surface area contributed by atoms with Gasteiger partial charge in [0.05, 0.1) is 0 Å². The summed E-state index contributed by atoms with van der Waals surface area (Å²) in [5.41, 5.74) is 7.13. The molecule has 0 amide bonds. The number of hydrogen-bond acceptors (Lipinski definition) is 2. The average molecular weight is 225 g/mol. The number of rotatable bonds is 3. The summed E-state index contributed by atoms with van der Waals surface area (Å²) in [6, 6.07) is 8.41. The van der Waals surface area contributed by atoms with Gasteiger partial charge in [0.25, 0.3) is 0 Å². The summed E-state index contributed by atoms with van der Waals surface area (Å²) in [5.74, 6) is 0. The molecule has 1 fully saturated rings. The Bertz CT molecular complexity index is 304. The molecule has 1 aliphatic rings. The van der Waals surface area contributed by atoms with E-state index in [1.54, 1.807) is 0 Å². The zero-order valence-corrected chi connectivity index (χ0v) is 9.58. The van der Waals surface area contributed by atoms with E-state index in [0.29, 0.717) is 12.6 Å². The van der Waals surface area contributed by atoms with Crippen LogP contribution in [0.5, 0.6) is 0 Å². The van der Waals surface area contributed by atoms with Crippen molar-refractivity contribution in [3.63, 3.8) is 0 Å². The van der Waals surface area contributed by atoms with Crippen molar-refractivity contribution in [2.75, 3.05) is 19.6 Å². The highest BCUT2D eigenvalue weighted by molar-refractivity contribution is 6.30. The molecule has 3 heteroatoms. The van der Waals surface area contributed by atoms with Gasteiger partial charge in [-0.3, -0.25) is 4.90 Å². The highest BCUT2D eigenvalue weighted by atomic mass is 35.5. The predicted octanol–water partition coefficient (Wildman–Crippen LogP) is 2.44. The van der Waals surface area contributed by atoms with Gasteiger partial charge in [0, 0.05) is 17.6 Å². The fourth-order valence-corrected chi connectivity index (χ4v) is 2.36. The first-order valence-electron chi connectivity index (χ1n) is 5.51. The van der Waals surface area contributed by atoms with Crippen LogP contribution in [0.1, 0.15) is 24.4 Å². The van der Waals surface area contributed by atoms with E-state index in [4.69, 9.17) is 17.3 Å². The molecule has 0 aliphatic carbocycles. The lowest BCUT2D eigenvalue weighted by Crippen LogP contribution is -2.31. The van der Waals surface area contributed by atoms with E-state index in [-0.39, 0.29) is 0 Å². The maximum atomic E-state index is 5.87. The smallest absolute Gasteiger partial charge is 0.0470 e. The Balaban J connectivity index is 2.14. The molecule has 2 rings (SSSR count). The van der Waals surface area contributed by atoms with Gasteiger partial charge in [0.2, 0.25) is 0 Å². The first-order chi connectivity index (χ1) is 7.31. The van der Waals surface area contributed by atoms with E-state index in [9.17, 15) is 0 Å². The van der Waals surface area contributed by atoms with Crippen LogP contribution in [0.15, 0.2) is 24.3 Å². The minimum atomic E-state index is 0.366. The van der Waals surface area contributed by atoms with Crippen molar-refractivity contribution < 1.29 is 0 Å². The topological polar surface area (TPSA) is 29.3 Å². The summed E-state index contributed by atoms with van der Waals surface area (Å²) < 4.78 is 0. The molecular formula is C12H17ClN2. The van der Waals surface area contributed by atoms with E-state index < -0.39 is 0 Å². The third-order valence-electron chi connectivity index (χ3n) is 3.06. The number of hydrogen-bond donors (Lipinski definition) is 1. The van der Waals surface area contributed by atoms with Crippen molar-refractivity contribution in [2.24, 2.45) is 5.73 Å². The third-order valence-corrected chi connectivity index (χ3v) is 3.31. The van der Waals surface area contributed by atoms with Crippen LogP contribution in [0.4, 0.5) is 0 Å². The Kier molecular flexibility index (Phi) is 3.62. The lowest BCUT2D eigenvalue weighted by Gasteiger charge is -2.26. The minimum absolute atomic E-state index is 0.366. The van der Waals surface area contributed by atoms with Gasteiger partial charge < -0.3 is 5.73 Å². The lowest BCUT2D eigenvalue weighted by molar-refractivity contribution is 0.251. The van der Waals surface area contributed by atoms with Crippen LogP contribution in [0.25, 0.3) is 0 Å². The number of nitrogens with two attached hydrogens (primary N) is 1. The molecule has 82 valence electrons. The zero-order valence-electron chi connectivity index (χ0n) is 8.82. The molecule has 15 heavy (non-hydrogen) atoms. The fourth-order valence-electron chi connectivity index (χ4n) is 2.23. The van der Waals surface area contributed by atoms with Gasteiger partial charge in [-0.1, -0.05) is 23.7 Å². The van der Waals surface area contributed by atoms with Crippen molar-refractivity contribution >= 4 is 11.6 Å². The van der Waals surface area contributed by atoms with Gasteiger partial charge >= 0.3 is 0 Å². The van der Waals surface area contributed by atoms with Crippen LogP contribution in [0, 0.1) is 0 Å². The van der Waals surface area contributed by atoms with Crippen LogP contribution in [-0.4, -0.2) is 24.5 Å². The highest BCUT2D eigenvalue weighted by Crippen LogP contribution is 2.25. The molecule has 2 nitrogen and oxygen atoms in total. The quantitative estimate of drug-likeness (QED) is 0.855. The molecule has 1 aromatic carbocycles. The molecule has 1 atom stereocenters. The van der Waals surface area contributed by atoms with Gasteiger partial charge in [-0.05, 0) is 43.6 Å². The normalized spacial score (nSPS) is 19.3. The Morgan fingerprint density at radius 1 is 1.20 bits per heavy atom. The Morgan fingerprint density at radius 2 is 1.80 bits per heavy atom. The Labute approximate surface area is 96.0 Å². The van der Waals surface area contributed by atoms with Gasteiger partial charge in [-0.15, -0.1) is 0 Å². The SMILES string of the molecule is NC[C@H](c1ccc(Cl)cc1)N1CCCC1. The average Bonchev–Trinajstić information content (AvgIpc) is 2.75. The van der Waals surface area contributed by atoms with Crippen LogP contribution < -0.4 is 5.73 Å². The van der Waals surface area contributed by atoms with Gasteiger partial charge in [0.15, 0.2) is 0 Å². The predicted molar refractivity (Wildman–Crippen MR) is 64.1 cm³/mol. The lowest BCUT2D eigenvalue weighted by atomic mass is 10.1. The Hall–Kier alpha value is -0.570. The maximum Gasteiger partial charge on any atom is 0.0470 e. The molecule has 0 spiro atoms. The fraction of sp³-hybridized carbons (Fsp3) is 0.500. The molecule has 0 aromatic heterocycles. The second-order valence-electron chi connectivity index (χ2n) is 4.05. The van der Waals surface area contributed by atoms with E-state index >= 15 is 0 Å². The molecule has 1 aromatic rings. The first-order valence-corrected chi connectivity index (χ1v) is 5.88. The van der Waals surface area contributed by atoms with Crippen LogP contribution in [-0.2, 0) is 0 Å². The molecular weight excluding hydrogens is 208 g/mol. The summed E-state index contributed by atoms with van der Waals surface area (Å²) in [4.78, 5) is 2.46. The standard InChI is InChI=1S/C12H17ClN2/c13-11-5-3-10(4-6-11)12(9-14)15-7-1-2-8-15/h3-6,12H,1-2,7-9,14H2/t12-/m1/s1. The molecule has 0 bridgehead atoms. The molecule has 1 aliphatic heterocycles. The largest absolute Gasteiger partial charge is 0.329 e. The van der Waals surface area contributed by atoms with E-state index in [2.05, 4.69) is 17.0 Å². The maximum absolute atomic E-state index is 5.87. The van der Waals surface area contributed by atoms with Gasteiger partial charge in [-0.2, -0.15) is 0 Å². The van der Waals surface area contributed by atoms with Crippen LogP contribution in [0.3, 0.4) is 0 Å². The Morgan fingerprint density at radius 3 is 2.33 bits per heavy atom. The molecule has 1 heterocycles. The molecule has 0 radical (unpaired) electrons. The number of benzene rings is 1. The monoisotopic (exact) mass is 224 g/mol. The van der Waals surface area contributed by atoms with Crippen molar-refractivity contribution in [3.05, 3.63) is 34.9 Å². The number of halogens is 1. The molecule has 2 N–H and O–H groups in total. The molecule has 1 saturated heterocycles. The number of likely N-dealkylation sites (tertiary alicyclic amines) is 1. The second kappa shape index (κ2) is 4.97. The van der Waals surface area contributed by atoms with Crippen molar-refractivity contribution in [2.45, 2.75) is 18.9 Å². The molecule has 0 unspecified atom stereocenters. The van der Waals surface area contributed by atoms with E-state index in [1.165, 1.54) is 31.5 Å². The van der Waals surface area contributed by atoms with Crippen molar-refractivity contribution in [1.29, 1.82) is 0 Å². The van der Waals surface area contributed by atoms with Crippen molar-refractivity contribution in [1.82, 2.24) is 4.90 Å². The van der Waals surface area contributed by atoms with Crippen LogP contribution >= 0.6 is 11.6 Å². The van der Waals surface area contributed by atoms with E-state index in [0.717, 1.165) is 5.02 Å². The second-order valence-corrected chi connectivity index (χ2v) is 4.48. The summed E-state index contributed by atoms with van der Waals surface area (Å²) in [5, 5.41) is 0.788. The zero-order chi connectivity index (χ0) is 10.7. The highest BCUT2D eigenvalue weighted by Gasteiger charge is 2.21. The summed E-state index contributed by atoms with van der Waals surface area (Å²) in [7, 11) is 0. The van der Waals surface area contributed by atoms with Crippen molar-refractivity contribution in [3.8, 4) is 0 Å². The van der Waals surface area contributed by atoms with Gasteiger partial charge in [0.1, 0.15) is 0 Å². The van der Waals surface area contributed by atoms with Crippen LogP contribution in [0.2, 0.25) is 5.02 Å². The molecule has 0 saturated carbocycles. The van der Waals surface area contributed by atoms with Gasteiger partial charge in [-0.25, -0.2) is 0 Å². The number of nitrogens with zero attached hydrogens (tertiary/aromatic N) is 1. The van der Waals surface area contributed by atoms with E-state index in [1.807, 2.05) is 12.1 Å². The third kappa shape index (κ3) is 2.51.